The predicted molar refractivity (Wildman–Crippen MR) is 185 cm³/mol. The van der Waals surface area contributed by atoms with Crippen LogP contribution in [0.4, 0.5) is 5.69 Å². The first-order valence-corrected chi connectivity index (χ1v) is 19.6. The first-order valence-electron chi connectivity index (χ1n) is 17.7. The number of benzene rings is 2. The highest BCUT2D eigenvalue weighted by atomic mass is 35.5. The molecule has 48 heavy (non-hydrogen) atoms. The minimum atomic E-state index is -3.91. The topological polar surface area (TPSA) is 103 Å². The number of hydrogen-bond donors (Lipinski definition) is 1. The molecular formula is C37H49ClN2O7S. The van der Waals surface area contributed by atoms with Gasteiger partial charge in [0.25, 0.3) is 5.91 Å². The predicted octanol–water partition coefficient (Wildman–Crippen LogP) is 6.11. The van der Waals surface area contributed by atoms with Crippen LogP contribution in [0.2, 0.25) is 5.02 Å². The van der Waals surface area contributed by atoms with Crippen LogP contribution >= 0.6 is 11.6 Å². The number of nitrogens with zero attached hydrogens (tertiary/aromatic N) is 1. The molecule has 9 nitrogen and oxygen atoms in total. The van der Waals surface area contributed by atoms with Crippen molar-refractivity contribution in [2.75, 3.05) is 44.9 Å². The lowest BCUT2D eigenvalue weighted by Gasteiger charge is -2.48. The number of anilines is 1. The standard InChI is InChI=1S/C37H49ClN2O7S/c1-23-6-4-8-31(36-45-19-29(44-3)20-46-36)30-12-9-27(30)18-40-21-37(15-5-7-25-16-28(38)11-13-32(25)37)22-47-34-14-10-26(17-33(34)40)35(41)39-48(42,43)24(23)2/h10-11,13-14,16-17,23-24,27,29-31,36H,4-9,12,15,18-22H2,1-3H3,(H,39,41)/t23-,24+,27-,29-,30+,31-,36+,37-/m0/s1. The molecular weight excluding hydrogens is 652 g/mol. The van der Waals surface area contributed by atoms with E-state index < -0.39 is 21.2 Å². The highest BCUT2D eigenvalue weighted by Crippen LogP contribution is 2.49. The molecule has 7 rings (SSSR count). The van der Waals surface area contributed by atoms with Crippen molar-refractivity contribution in [3.05, 3.63) is 58.1 Å². The van der Waals surface area contributed by atoms with Gasteiger partial charge in [-0.25, -0.2) is 13.1 Å². The highest BCUT2D eigenvalue weighted by molar-refractivity contribution is 7.90. The summed E-state index contributed by atoms with van der Waals surface area (Å²) in [5.74, 6) is 0.962. The minimum Gasteiger partial charge on any atom is -0.490 e. The molecule has 1 N–H and O–H groups in total. The first kappa shape index (κ1) is 34.1. The number of amides is 1. The molecule has 2 aromatic rings. The maximum Gasteiger partial charge on any atom is 0.264 e. The molecule has 6 atom stereocenters. The Morgan fingerprint density at radius 1 is 1.00 bits per heavy atom. The Balaban J connectivity index is 1.27. The van der Waals surface area contributed by atoms with Crippen LogP contribution in [0, 0.1) is 23.7 Å². The Labute approximate surface area is 290 Å². The molecule has 2 fully saturated rings. The average Bonchev–Trinajstić information content (AvgIpc) is 3.21. The lowest BCUT2D eigenvalue weighted by molar-refractivity contribution is -0.255. The number of fused-ring (bicyclic) bond motifs is 4. The van der Waals surface area contributed by atoms with E-state index in [9.17, 15) is 13.2 Å². The molecule has 11 heteroatoms. The molecule has 0 aromatic heterocycles. The monoisotopic (exact) mass is 700 g/mol. The van der Waals surface area contributed by atoms with Crippen molar-refractivity contribution in [1.82, 2.24) is 4.72 Å². The molecule has 5 aliphatic rings. The third kappa shape index (κ3) is 6.60. The van der Waals surface area contributed by atoms with Crippen molar-refractivity contribution in [1.29, 1.82) is 0 Å². The second-order valence-corrected chi connectivity index (χ2v) is 17.4. The zero-order valence-electron chi connectivity index (χ0n) is 28.3. The van der Waals surface area contributed by atoms with E-state index in [2.05, 4.69) is 21.8 Å². The summed E-state index contributed by atoms with van der Waals surface area (Å²) >= 11 is 6.46. The van der Waals surface area contributed by atoms with Gasteiger partial charge in [0, 0.05) is 42.1 Å². The van der Waals surface area contributed by atoms with Crippen molar-refractivity contribution in [3.8, 4) is 5.75 Å². The maximum atomic E-state index is 13.5. The maximum absolute atomic E-state index is 13.5. The molecule has 262 valence electrons. The fraction of sp³-hybridized carbons (Fsp3) is 0.649. The molecule has 1 saturated carbocycles. The molecule has 3 heterocycles. The molecule has 2 aliphatic carbocycles. The van der Waals surface area contributed by atoms with Crippen LogP contribution in [-0.2, 0) is 36.1 Å². The summed E-state index contributed by atoms with van der Waals surface area (Å²) in [6.07, 6.45) is 7.28. The SMILES string of the molecule is CO[C@H]1CO[C@@H]([C@H]2CCC[C@H](C)[C@@H](C)S(=O)(=O)NC(=O)c3ccc4c(c3)N(C[C@@H]3CC[C@H]32)C[C@@]2(CCCc3cc(Cl)ccc32)CO4)OC1. The van der Waals surface area contributed by atoms with Gasteiger partial charge in [0.05, 0.1) is 30.8 Å². The van der Waals surface area contributed by atoms with Gasteiger partial charge in [-0.15, -0.1) is 0 Å². The smallest absolute Gasteiger partial charge is 0.264 e. The Bertz CT molecular complexity index is 1610. The van der Waals surface area contributed by atoms with Crippen LogP contribution < -0.4 is 14.4 Å². The first-order chi connectivity index (χ1) is 23.1. The zero-order valence-corrected chi connectivity index (χ0v) is 29.9. The van der Waals surface area contributed by atoms with E-state index in [0.29, 0.717) is 43.0 Å². The Morgan fingerprint density at radius 2 is 1.81 bits per heavy atom. The van der Waals surface area contributed by atoms with Crippen molar-refractivity contribution in [2.24, 2.45) is 23.7 Å². The number of ether oxygens (including phenoxy) is 4. The van der Waals surface area contributed by atoms with E-state index in [1.54, 1.807) is 20.1 Å². The van der Waals surface area contributed by atoms with Crippen molar-refractivity contribution < 1.29 is 32.2 Å². The molecule has 0 radical (unpaired) electrons. The van der Waals surface area contributed by atoms with Crippen LogP contribution in [0.1, 0.15) is 80.3 Å². The summed E-state index contributed by atoms with van der Waals surface area (Å²) in [5, 5.41) is 0.0181. The molecule has 1 spiro atoms. The van der Waals surface area contributed by atoms with Crippen molar-refractivity contribution in [3.63, 3.8) is 0 Å². The van der Waals surface area contributed by atoms with Gasteiger partial charge in [0.15, 0.2) is 6.29 Å². The average molecular weight is 701 g/mol. The molecule has 0 unspecified atom stereocenters. The number of hydrogen-bond acceptors (Lipinski definition) is 8. The van der Waals surface area contributed by atoms with E-state index in [1.165, 1.54) is 11.1 Å². The quantitative estimate of drug-likeness (QED) is 0.401. The largest absolute Gasteiger partial charge is 0.490 e. The number of sulfonamides is 1. The number of aryl methyl sites for hydroxylation is 1. The van der Waals surface area contributed by atoms with Crippen LogP contribution in [-0.4, -0.2) is 72.0 Å². The van der Waals surface area contributed by atoms with Gasteiger partial charge in [0.2, 0.25) is 10.0 Å². The number of carbonyl (C=O) groups excluding carboxylic acids is 1. The lowest BCUT2D eigenvalue weighted by Crippen LogP contribution is -2.51. The van der Waals surface area contributed by atoms with Gasteiger partial charge in [-0.2, -0.15) is 0 Å². The number of methoxy groups -OCH3 is 1. The lowest BCUT2D eigenvalue weighted by atomic mass is 9.64. The van der Waals surface area contributed by atoms with Gasteiger partial charge >= 0.3 is 0 Å². The minimum absolute atomic E-state index is 0.0711. The van der Waals surface area contributed by atoms with Crippen LogP contribution in [0.25, 0.3) is 0 Å². The van der Waals surface area contributed by atoms with E-state index in [0.717, 1.165) is 75.2 Å². The Kier molecular flexibility index (Phi) is 9.76. The van der Waals surface area contributed by atoms with Gasteiger partial charge in [-0.1, -0.05) is 31.0 Å². The third-order valence-corrected chi connectivity index (χ3v) is 14.2. The summed E-state index contributed by atoms with van der Waals surface area (Å²) in [4.78, 5) is 16.0. The van der Waals surface area contributed by atoms with Gasteiger partial charge in [0.1, 0.15) is 11.9 Å². The molecule has 2 aromatic carbocycles. The summed E-state index contributed by atoms with van der Waals surface area (Å²) < 4.78 is 54.1. The molecule has 1 amide bonds. The molecule has 2 bridgehead atoms. The second kappa shape index (κ2) is 13.7. The normalized spacial score (nSPS) is 35.3. The van der Waals surface area contributed by atoms with E-state index >= 15 is 0 Å². The van der Waals surface area contributed by atoms with Gasteiger partial charge in [-0.05, 0) is 111 Å². The van der Waals surface area contributed by atoms with Crippen LogP contribution in [0.15, 0.2) is 36.4 Å². The van der Waals surface area contributed by atoms with Gasteiger partial charge in [-0.3, -0.25) is 4.79 Å². The summed E-state index contributed by atoms with van der Waals surface area (Å²) in [7, 11) is -2.22. The van der Waals surface area contributed by atoms with E-state index in [4.69, 9.17) is 30.5 Å². The second-order valence-electron chi connectivity index (χ2n) is 14.9. The van der Waals surface area contributed by atoms with Crippen molar-refractivity contribution >= 4 is 33.2 Å². The number of nitrogens with one attached hydrogen (secondary N) is 1. The molecule has 1 saturated heterocycles. The van der Waals surface area contributed by atoms with Crippen LogP contribution in [0.3, 0.4) is 0 Å². The fourth-order valence-corrected chi connectivity index (χ4v) is 10.4. The summed E-state index contributed by atoms with van der Waals surface area (Å²) in [6.45, 7) is 6.71. The zero-order chi connectivity index (χ0) is 33.6. The third-order valence-electron chi connectivity index (χ3n) is 12.1. The number of carbonyl (C=O) groups is 1. The van der Waals surface area contributed by atoms with Crippen molar-refractivity contribution in [2.45, 2.75) is 88.3 Å². The Hall–Kier alpha value is -2.37. The van der Waals surface area contributed by atoms with Gasteiger partial charge < -0.3 is 23.8 Å². The highest BCUT2D eigenvalue weighted by Gasteiger charge is 2.46. The number of rotatable bonds is 2. The summed E-state index contributed by atoms with van der Waals surface area (Å²) in [6, 6.07) is 11.6. The number of halogens is 1. The Morgan fingerprint density at radius 3 is 2.56 bits per heavy atom. The summed E-state index contributed by atoms with van der Waals surface area (Å²) in [5.41, 5.74) is 3.45. The molecule has 3 aliphatic heterocycles. The van der Waals surface area contributed by atoms with Crippen LogP contribution in [0.5, 0.6) is 5.75 Å². The van der Waals surface area contributed by atoms with E-state index in [1.807, 2.05) is 25.1 Å². The van der Waals surface area contributed by atoms with E-state index in [-0.39, 0.29) is 29.6 Å². The fourth-order valence-electron chi connectivity index (χ4n) is 8.86.